The van der Waals surface area contributed by atoms with Gasteiger partial charge in [0.1, 0.15) is 0 Å². The molecule has 4 nitrogen and oxygen atoms in total. The van der Waals surface area contributed by atoms with Crippen LogP contribution in [0.1, 0.15) is 51.0 Å². The summed E-state index contributed by atoms with van der Waals surface area (Å²) in [5.41, 5.74) is 0.950. The molecule has 1 aliphatic heterocycles. The van der Waals surface area contributed by atoms with Crippen LogP contribution in [0.3, 0.4) is 0 Å². The highest BCUT2D eigenvalue weighted by Gasteiger charge is 2.73. The number of fused-ring (bicyclic) bond motifs is 1. The van der Waals surface area contributed by atoms with Crippen LogP contribution in [0, 0.1) is 22.7 Å². The van der Waals surface area contributed by atoms with Crippen LogP contribution < -0.4 is 0 Å². The Morgan fingerprint density at radius 3 is 2.56 bits per heavy atom. The number of amides is 1. The van der Waals surface area contributed by atoms with E-state index in [1.165, 1.54) is 4.31 Å². The molecule has 1 aromatic rings. The highest BCUT2D eigenvalue weighted by Crippen LogP contribution is 2.70. The van der Waals surface area contributed by atoms with Crippen LogP contribution in [0.15, 0.2) is 30.3 Å². The molecule has 1 amide bonds. The number of carbonyl (C=O) groups is 1. The van der Waals surface area contributed by atoms with Crippen molar-refractivity contribution in [3.8, 4) is 0 Å². The molecule has 5 heteroatoms. The molecule has 134 valence electrons. The SMILES string of the molecule is CC1(C)[C@@H]2CCC13CS(=O)(=O)N(C(=O)[C@H]1C[C@@H]1c1ccccc1)C3C2. The van der Waals surface area contributed by atoms with Crippen molar-refractivity contribution < 1.29 is 13.2 Å². The summed E-state index contributed by atoms with van der Waals surface area (Å²) in [6.45, 7) is 4.44. The van der Waals surface area contributed by atoms with Gasteiger partial charge < -0.3 is 0 Å². The molecule has 0 aromatic heterocycles. The minimum Gasteiger partial charge on any atom is -0.273 e. The summed E-state index contributed by atoms with van der Waals surface area (Å²) in [5.74, 6) is 0.607. The second kappa shape index (κ2) is 4.67. The van der Waals surface area contributed by atoms with E-state index in [1.807, 2.05) is 30.3 Å². The molecule has 2 unspecified atom stereocenters. The van der Waals surface area contributed by atoms with Crippen LogP contribution >= 0.6 is 0 Å². The Hall–Kier alpha value is -1.36. The van der Waals surface area contributed by atoms with E-state index in [2.05, 4.69) is 13.8 Å². The lowest BCUT2D eigenvalue weighted by molar-refractivity contribution is -0.130. The van der Waals surface area contributed by atoms with Crippen LogP contribution in [0.2, 0.25) is 0 Å². The Labute approximate surface area is 149 Å². The Morgan fingerprint density at radius 2 is 1.88 bits per heavy atom. The van der Waals surface area contributed by atoms with Crippen molar-refractivity contribution in [2.45, 2.75) is 51.5 Å². The zero-order chi connectivity index (χ0) is 17.6. The highest BCUT2D eigenvalue weighted by atomic mass is 32.2. The summed E-state index contributed by atoms with van der Waals surface area (Å²) in [7, 11) is -3.49. The summed E-state index contributed by atoms with van der Waals surface area (Å²) in [5, 5.41) is 0. The predicted octanol–water partition coefficient (Wildman–Crippen LogP) is 3.16. The Bertz CT molecular complexity index is 847. The van der Waals surface area contributed by atoms with Crippen molar-refractivity contribution >= 4 is 15.9 Å². The molecule has 4 fully saturated rings. The topological polar surface area (TPSA) is 54.5 Å². The van der Waals surface area contributed by atoms with Crippen LogP contribution in [0.25, 0.3) is 0 Å². The van der Waals surface area contributed by atoms with E-state index in [0.29, 0.717) is 5.92 Å². The summed E-state index contributed by atoms with van der Waals surface area (Å²) < 4.78 is 27.3. The number of hydrogen-bond donors (Lipinski definition) is 0. The molecule has 0 N–H and O–H groups in total. The number of nitrogens with zero attached hydrogens (tertiary/aromatic N) is 1. The lowest BCUT2D eigenvalue weighted by atomic mass is 9.69. The lowest BCUT2D eigenvalue weighted by Crippen LogP contribution is -2.44. The van der Waals surface area contributed by atoms with E-state index in [0.717, 1.165) is 31.2 Å². The van der Waals surface area contributed by atoms with Crippen molar-refractivity contribution in [3.05, 3.63) is 35.9 Å². The third-order valence-electron chi connectivity index (χ3n) is 7.96. The van der Waals surface area contributed by atoms with Gasteiger partial charge in [0.2, 0.25) is 15.9 Å². The molecule has 1 aromatic carbocycles. The molecular weight excluding hydrogens is 334 g/mol. The van der Waals surface area contributed by atoms with Gasteiger partial charge in [-0.05, 0) is 48.5 Å². The number of benzene rings is 1. The maximum Gasteiger partial charge on any atom is 0.240 e. The Morgan fingerprint density at radius 1 is 1.16 bits per heavy atom. The average Bonchev–Trinajstić information content (AvgIpc) is 3.23. The Kier molecular flexibility index (Phi) is 2.96. The highest BCUT2D eigenvalue weighted by molar-refractivity contribution is 7.90. The van der Waals surface area contributed by atoms with E-state index < -0.39 is 10.0 Å². The van der Waals surface area contributed by atoms with Gasteiger partial charge in [-0.25, -0.2) is 12.7 Å². The molecule has 5 rings (SSSR count). The molecule has 25 heavy (non-hydrogen) atoms. The third kappa shape index (κ3) is 1.88. The first-order valence-corrected chi connectivity index (χ1v) is 11.0. The summed E-state index contributed by atoms with van der Waals surface area (Å²) in [6.07, 6.45) is 3.70. The molecule has 0 radical (unpaired) electrons. The van der Waals surface area contributed by atoms with E-state index in [-0.39, 0.29) is 40.4 Å². The number of carbonyl (C=O) groups excluding carboxylic acids is 1. The second-order valence-electron chi connectivity index (χ2n) is 9.11. The predicted molar refractivity (Wildman–Crippen MR) is 95.3 cm³/mol. The quantitative estimate of drug-likeness (QED) is 0.815. The average molecular weight is 359 g/mol. The first-order valence-electron chi connectivity index (χ1n) is 9.39. The fourth-order valence-electron chi connectivity index (χ4n) is 6.28. The van der Waals surface area contributed by atoms with Gasteiger partial charge in [0.25, 0.3) is 0 Å². The fourth-order valence-corrected chi connectivity index (χ4v) is 8.86. The van der Waals surface area contributed by atoms with Crippen molar-refractivity contribution in [3.63, 3.8) is 0 Å². The van der Waals surface area contributed by atoms with Crippen molar-refractivity contribution in [2.75, 3.05) is 5.75 Å². The van der Waals surface area contributed by atoms with Crippen LogP contribution in [0.5, 0.6) is 0 Å². The molecule has 4 aliphatic rings. The standard InChI is InChI=1S/C20H25NO3S/c1-19(2)14-8-9-20(19)12-25(23,24)21(17(20)10-14)18(22)16-11-15(16)13-6-4-3-5-7-13/h3-7,14-17H,8-12H2,1-2H3/t14-,15-,16+,17?,20?/m1/s1. The maximum atomic E-state index is 13.2. The van der Waals surface area contributed by atoms with Crippen molar-refractivity contribution in [1.82, 2.24) is 4.31 Å². The summed E-state index contributed by atoms with van der Waals surface area (Å²) in [6, 6.07) is 9.91. The largest absolute Gasteiger partial charge is 0.273 e. The lowest BCUT2D eigenvalue weighted by Gasteiger charge is -2.37. The monoisotopic (exact) mass is 359 g/mol. The first kappa shape index (κ1) is 15.9. The minimum absolute atomic E-state index is 0.0160. The molecular formula is C20H25NO3S. The third-order valence-corrected chi connectivity index (χ3v) is 9.88. The van der Waals surface area contributed by atoms with Crippen molar-refractivity contribution in [1.29, 1.82) is 0 Å². The maximum absolute atomic E-state index is 13.2. The van der Waals surface area contributed by atoms with Crippen LogP contribution in [-0.4, -0.2) is 30.4 Å². The summed E-state index contributed by atoms with van der Waals surface area (Å²) in [4.78, 5) is 13.2. The molecule has 3 saturated carbocycles. The second-order valence-corrected chi connectivity index (χ2v) is 11.0. The van der Waals surface area contributed by atoms with Gasteiger partial charge in [-0.2, -0.15) is 0 Å². The molecule has 5 atom stereocenters. The van der Waals surface area contributed by atoms with Gasteiger partial charge in [-0.15, -0.1) is 0 Å². The zero-order valence-electron chi connectivity index (χ0n) is 14.8. The first-order chi connectivity index (χ1) is 11.8. The fraction of sp³-hybridized carbons (Fsp3) is 0.650. The van der Waals surface area contributed by atoms with Gasteiger partial charge in [0.05, 0.1) is 11.8 Å². The van der Waals surface area contributed by atoms with E-state index in [4.69, 9.17) is 0 Å². The van der Waals surface area contributed by atoms with Crippen LogP contribution in [-0.2, 0) is 14.8 Å². The van der Waals surface area contributed by atoms with Gasteiger partial charge in [-0.3, -0.25) is 4.79 Å². The van der Waals surface area contributed by atoms with Gasteiger partial charge in [-0.1, -0.05) is 44.2 Å². The number of rotatable bonds is 2. The minimum atomic E-state index is -3.49. The molecule has 1 spiro atoms. The van der Waals surface area contributed by atoms with Crippen LogP contribution in [0.4, 0.5) is 0 Å². The number of sulfonamides is 1. The van der Waals surface area contributed by atoms with Crippen molar-refractivity contribution in [2.24, 2.45) is 22.7 Å². The summed E-state index contributed by atoms with van der Waals surface area (Å²) >= 11 is 0. The smallest absolute Gasteiger partial charge is 0.240 e. The van der Waals surface area contributed by atoms with E-state index >= 15 is 0 Å². The van der Waals surface area contributed by atoms with E-state index in [9.17, 15) is 13.2 Å². The number of hydrogen-bond acceptors (Lipinski definition) is 3. The molecule has 1 heterocycles. The molecule has 1 saturated heterocycles. The Balaban J connectivity index is 1.46. The van der Waals surface area contributed by atoms with Gasteiger partial charge in [0.15, 0.2) is 0 Å². The molecule has 2 bridgehead atoms. The van der Waals surface area contributed by atoms with E-state index in [1.54, 1.807) is 0 Å². The zero-order valence-corrected chi connectivity index (χ0v) is 15.6. The van der Waals surface area contributed by atoms with Gasteiger partial charge in [0, 0.05) is 11.3 Å². The van der Waals surface area contributed by atoms with Gasteiger partial charge >= 0.3 is 0 Å². The normalized spacial score (nSPS) is 42.4. The molecule has 3 aliphatic carbocycles.